The second kappa shape index (κ2) is 25.4. The maximum atomic E-state index is 12.8. The lowest BCUT2D eigenvalue weighted by Crippen LogP contribution is -2.39. The van der Waals surface area contributed by atoms with Crippen molar-refractivity contribution in [3.8, 4) is 16.9 Å². The van der Waals surface area contributed by atoms with Crippen molar-refractivity contribution < 1.29 is 43.2 Å². The molecule has 6 N–H and O–H groups in total. The molecule has 0 fully saturated rings. The number of carboxylic acids is 1. The Morgan fingerprint density at radius 1 is 0.877 bits per heavy atom. The molecule has 14 nitrogen and oxygen atoms in total. The average molecular weight is 790 g/mol. The fourth-order valence-corrected chi connectivity index (χ4v) is 6.23. The number of aromatic nitrogens is 1. The molecule has 0 spiro atoms. The minimum atomic E-state index is -1.05. The Kier molecular flexibility index (Phi) is 20.0. The van der Waals surface area contributed by atoms with Gasteiger partial charge in [-0.25, -0.2) is 4.98 Å². The van der Waals surface area contributed by atoms with Crippen molar-refractivity contribution in [3.63, 3.8) is 0 Å². The molecule has 57 heavy (non-hydrogen) atoms. The van der Waals surface area contributed by atoms with E-state index in [1.54, 1.807) is 6.20 Å². The smallest absolute Gasteiger partial charge is 0.305 e. The van der Waals surface area contributed by atoms with Crippen LogP contribution < -0.4 is 26.4 Å². The number of ether oxygens (including phenoxy) is 5. The number of nitrogens with one attached hydrogen (secondary N) is 3. The number of nitrogens with two attached hydrogens (primary N) is 1. The summed E-state index contributed by atoms with van der Waals surface area (Å²) in [7, 11) is 0. The summed E-state index contributed by atoms with van der Waals surface area (Å²) in [6.45, 7) is 9.39. The predicted molar refractivity (Wildman–Crippen MR) is 219 cm³/mol. The summed E-state index contributed by atoms with van der Waals surface area (Å²) < 4.78 is 28.1. The van der Waals surface area contributed by atoms with E-state index in [4.69, 9.17) is 29.4 Å². The Hall–Kier alpha value is -4.86. The lowest BCUT2D eigenvalue weighted by atomic mass is 9.85. The highest BCUT2D eigenvalue weighted by molar-refractivity contribution is 5.85. The number of nitrogens with zero attached hydrogens (tertiary/aromatic N) is 1. The first-order valence-corrected chi connectivity index (χ1v) is 19.8. The quantitative estimate of drug-likeness (QED) is 0.0639. The molecule has 0 aliphatic heterocycles. The normalized spacial score (nSPS) is 13.8. The number of hydrogen-bond donors (Lipinski definition) is 5. The number of pyridine rings is 1. The van der Waals surface area contributed by atoms with E-state index in [-0.39, 0.29) is 25.3 Å². The van der Waals surface area contributed by atoms with Crippen molar-refractivity contribution in [2.45, 2.75) is 52.0 Å². The van der Waals surface area contributed by atoms with E-state index in [1.165, 1.54) is 0 Å². The largest absolute Gasteiger partial charge is 0.491 e. The summed E-state index contributed by atoms with van der Waals surface area (Å²) in [5.74, 6) is 0.212. The number of aliphatic carboxylic acids is 1. The van der Waals surface area contributed by atoms with Crippen molar-refractivity contribution in [2.75, 3.05) is 84.4 Å². The minimum Gasteiger partial charge on any atom is -0.491 e. The Balaban J connectivity index is 1.22. The molecule has 1 heterocycles. The zero-order valence-corrected chi connectivity index (χ0v) is 33.3. The average Bonchev–Trinajstić information content (AvgIpc) is 3.19. The number of carbonyl (C=O) groups is 3. The zero-order valence-electron chi connectivity index (χ0n) is 33.3. The molecule has 0 saturated carbocycles. The van der Waals surface area contributed by atoms with Gasteiger partial charge < -0.3 is 50.5 Å². The summed E-state index contributed by atoms with van der Waals surface area (Å²) in [5, 5.41) is 18.3. The zero-order chi connectivity index (χ0) is 40.7. The standard InChI is InChI=1S/C43H59N5O9/c1-31-6-11-36-35(12-13-39(37(36)27-31)57-26-25-56-24-23-55-22-21-54-20-19-53-18-15-44)33-7-9-34(10-8-33)38(29-43(51)52)48-42(50)30-47-41(49)5-3-4-16-45-40-28-32(2)14-17-46-40/h6-14,17,28,31,38H,3-5,15-16,18-27,29-30,44H2,1-2H3,(H,45,46)(H,47,49)(H,48,50)(H,51,52). The minimum absolute atomic E-state index is 0.241. The van der Waals surface area contributed by atoms with Gasteiger partial charge in [-0.05, 0) is 78.1 Å². The third kappa shape index (κ3) is 16.6. The van der Waals surface area contributed by atoms with Crippen LogP contribution in [0.3, 0.4) is 0 Å². The van der Waals surface area contributed by atoms with Crippen LogP contribution in [0.5, 0.6) is 5.75 Å². The molecule has 2 aromatic carbocycles. The van der Waals surface area contributed by atoms with Gasteiger partial charge in [0.15, 0.2) is 0 Å². The highest BCUT2D eigenvalue weighted by atomic mass is 16.6. The summed E-state index contributed by atoms with van der Waals surface area (Å²) in [6, 6.07) is 14.7. The van der Waals surface area contributed by atoms with E-state index in [0.717, 1.165) is 52.2 Å². The lowest BCUT2D eigenvalue weighted by Gasteiger charge is -2.23. The number of carboxylic acid groups (broad SMARTS) is 1. The van der Waals surface area contributed by atoms with E-state index in [2.05, 4.69) is 40.0 Å². The lowest BCUT2D eigenvalue weighted by molar-refractivity contribution is -0.138. The molecule has 3 aromatic rings. The first-order valence-electron chi connectivity index (χ1n) is 19.8. The molecule has 0 radical (unpaired) electrons. The second-order valence-electron chi connectivity index (χ2n) is 13.8. The fraction of sp³-hybridized carbons (Fsp3) is 0.488. The van der Waals surface area contributed by atoms with Crippen LogP contribution >= 0.6 is 0 Å². The van der Waals surface area contributed by atoms with Crippen LogP contribution in [0.15, 0.2) is 60.8 Å². The van der Waals surface area contributed by atoms with Gasteiger partial charge in [0, 0.05) is 31.3 Å². The van der Waals surface area contributed by atoms with Crippen LogP contribution in [0.2, 0.25) is 0 Å². The van der Waals surface area contributed by atoms with Crippen LogP contribution in [0, 0.1) is 12.8 Å². The van der Waals surface area contributed by atoms with E-state index >= 15 is 0 Å². The van der Waals surface area contributed by atoms with Gasteiger partial charge in [0.05, 0.1) is 71.9 Å². The highest BCUT2D eigenvalue weighted by Gasteiger charge is 2.21. The summed E-state index contributed by atoms with van der Waals surface area (Å²) in [5.41, 5.74) is 11.3. The number of carbonyl (C=O) groups excluding carboxylic acids is 2. The van der Waals surface area contributed by atoms with Crippen LogP contribution in [0.1, 0.15) is 60.9 Å². The Morgan fingerprint density at radius 2 is 1.56 bits per heavy atom. The number of hydrogen-bond acceptors (Lipinski definition) is 11. The van der Waals surface area contributed by atoms with E-state index < -0.39 is 17.9 Å². The molecule has 1 aliphatic rings. The van der Waals surface area contributed by atoms with Gasteiger partial charge in [-0.15, -0.1) is 0 Å². The molecule has 2 amide bonds. The Morgan fingerprint density at radius 3 is 2.23 bits per heavy atom. The van der Waals surface area contributed by atoms with Crippen molar-refractivity contribution in [3.05, 3.63) is 83.1 Å². The molecule has 0 bridgehead atoms. The van der Waals surface area contributed by atoms with Gasteiger partial charge >= 0.3 is 5.97 Å². The van der Waals surface area contributed by atoms with Gasteiger partial charge in [0.1, 0.15) is 18.2 Å². The first kappa shape index (κ1) is 44.8. The highest BCUT2D eigenvalue weighted by Crippen LogP contribution is 2.38. The van der Waals surface area contributed by atoms with E-state index in [1.807, 2.05) is 55.5 Å². The van der Waals surface area contributed by atoms with Crippen LogP contribution in [0.4, 0.5) is 5.82 Å². The maximum Gasteiger partial charge on any atom is 0.305 e. The number of amides is 2. The fourth-order valence-electron chi connectivity index (χ4n) is 6.23. The van der Waals surface area contributed by atoms with Crippen molar-refractivity contribution in [1.29, 1.82) is 0 Å². The van der Waals surface area contributed by atoms with Gasteiger partial charge in [-0.2, -0.15) is 0 Å². The molecule has 4 rings (SSSR count). The summed E-state index contributed by atoms with van der Waals surface area (Å²) >= 11 is 0. The first-order chi connectivity index (χ1) is 27.7. The number of fused-ring (bicyclic) bond motifs is 1. The number of rotatable bonds is 28. The van der Waals surface area contributed by atoms with Crippen LogP contribution in [-0.2, 0) is 39.8 Å². The van der Waals surface area contributed by atoms with Crippen LogP contribution in [-0.4, -0.2) is 107 Å². The Bertz CT molecular complexity index is 1720. The topological polar surface area (TPSA) is 193 Å². The molecule has 14 heteroatoms. The third-order valence-electron chi connectivity index (χ3n) is 9.13. The maximum absolute atomic E-state index is 12.8. The third-order valence-corrected chi connectivity index (χ3v) is 9.13. The Labute approximate surface area is 335 Å². The second-order valence-corrected chi connectivity index (χ2v) is 13.8. The van der Waals surface area contributed by atoms with Gasteiger partial charge in [-0.3, -0.25) is 14.4 Å². The predicted octanol–water partition coefficient (Wildman–Crippen LogP) is 4.70. The molecule has 1 aliphatic carbocycles. The van der Waals surface area contributed by atoms with Crippen LogP contribution in [0.25, 0.3) is 17.2 Å². The molecule has 1 aromatic heterocycles. The number of anilines is 1. The molecule has 0 saturated heterocycles. The molecular formula is C43H59N5O9. The monoisotopic (exact) mass is 789 g/mol. The summed E-state index contributed by atoms with van der Waals surface area (Å²) in [6.07, 6.45) is 8.27. The summed E-state index contributed by atoms with van der Waals surface area (Å²) in [4.78, 5) is 41.2. The van der Waals surface area contributed by atoms with Crippen molar-refractivity contribution in [2.24, 2.45) is 11.7 Å². The van der Waals surface area contributed by atoms with Crippen molar-refractivity contribution >= 4 is 29.7 Å². The van der Waals surface area contributed by atoms with Gasteiger partial charge in [0.25, 0.3) is 0 Å². The molecule has 310 valence electrons. The number of unbranched alkanes of at least 4 members (excludes halogenated alkanes) is 1. The van der Waals surface area contributed by atoms with Crippen molar-refractivity contribution in [1.82, 2.24) is 15.6 Å². The number of aryl methyl sites for hydroxylation is 1. The van der Waals surface area contributed by atoms with E-state index in [9.17, 15) is 19.5 Å². The number of benzene rings is 2. The molecule has 2 unspecified atom stereocenters. The SMILES string of the molecule is Cc1ccnc(NCCCCC(=O)NCC(=O)NC(CC(=O)O)c2ccc(-c3ccc(OCCOCCOCCOCCOCCN)c4c3C=CC(C)C4)cc2)c1. The molecule has 2 atom stereocenters. The number of allylic oxidation sites excluding steroid dienone is 1. The van der Waals surface area contributed by atoms with Gasteiger partial charge in [-0.1, -0.05) is 49.4 Å². The van der Waals surface area contributed by atoms with E-state index in [0.29, 0.717) is 90.5 Å². The van der Waals surface area contributed by atoms with Gasteiger partial charge in [0.2, 0.25) is 11.8 Å². The molecular weight excluding hydrogens is 730 g/mol.